The summed E-state index contributed by atoms with van der Waals surface area (Å²) >= 11 is 0. The molecule has 0 radical (unpaired) electrons. The molecule has 2 aromatic carbocycles. The second-order valence-electron chi connectivity index (χ2n) is 6.13. The van der Waals surface area contributed by atoms with E-state index in [1.165, 1.54) is 29.2 Å². The summed E-state index contributed by atoms with van der Waals surface area (Å²) in [5, 5.41) is 2.50. The maximum absolute atomic E-state index is 13.7. The lowest BCUT2D eigenvalue weighted by Crippen LogP contribution is -2.55. The van der Waals surface area contributed by atoms with E-state index in [-0.39, 0.29) is 37.8 Å². The van der Waals surface area contributed by atoms with Gasteiger partial charge < -0.3 is 15.0 Å². The number of ether oxygens (including phenoxy) is 1. The molecule has 142 valence electrons. The van der Waals surface area contributed by atoms with Crippen LogP contribution in [0.1, 0.15) is 11.1 Å². The van der Waals surface area contributed by atoms with E-state index < -0.39 is 29.4 Å². The molecule has 1 saturated heterocycles. The Labute approximate surface area is 153 Å². The number of benzene rings is 2. The monoisotopic (exact) mass is 378 g/mol. The third-order valence-corrected chi connectivity index (χ3v) is 4.23. The van der Waals surface area contributed by atoms with Crippen molar-refractivity contribution in [1.82, 2.24) is 10.2 Å². The van der Waals surface area contributed by atoms with E-state index in [1.54, 1.807) is 0 Å². The van der Waals surface area contributed by atoms with Gasteiger partial charge in [-0.15, -0.1) is 0 Å². The third-order valence-electron chi connectivity index (χ3n) is 4.23. The molecule has 0 spiro atoms. The van der Waals surface area contributed by atoms with Crippen LogP contribution < -0.4 is 5.32 Å². The van der Waals surface area contributed by atoms with Crippen LogP contribution in [0.15, 0.2) is 42.5 Å². The van der Waals surface area contributed by atoms with E-state index >= 15 is 0 Å². The molecule has 0 aliphatic carbocycles. The summed E-state index contributed by atoms with van der Waals surface area (Å²) in [5.41, 5.74) is 0.650. The highest BCUT2D eigenvalue weighted by molar-refractivity contribution is 5.89. The van der Waals surface area contributed by atoms with Gasteiger partial charge in [0.2, 0.25) is 11.8 Å². The average molecular weight is 378 g/mol. The van der Waals surface area contributed by atoms with Gasteiger partial charge in [-0.1, -0.05) is 12.1 Å². The lowest BCUT2D eigenvalue weighted by molar-refractivity contribution is -0.155. The van der Waals surface area contributed by atoms with Gasteiger partial charge in [-0.05, 0) is 35.9 Å². The number of morpholine rings is 1. The van der Waals surface area contributed by atoms with Gasteiger partial charge in [0.15, 0.2) is 0 Å². The largest absolute Gasteiger partial charge is 0.369 e. The summed E-state index contributed by atoms with van der Waals surface area (Å²) < 4.78 is 45.1. The number of halogens is 3. The predicted molar refractivity (Wildman–Crippen MR) is 89.8 cm³/mol. The Morgan fingerprint density at radius 2 is 1.81 bits per heavy atom. The number of rotatable bonds is 5. The minimum Gasteiger partial charge on any atom is -0.369 e. The van der Waals surface area contributed by atoms with Crippen molar-refractivity contribution in [2.75, 3.05) is 13.2 Å². The second-order valence-corrected chi connectivity index (χ2v) is 6.13. The summed E-state index contributed by atoms with van der Waals surface area (Å²) in [5.74, 6) is -2.60. The van der Waals surface area contributed by atoms with Crippen LogP contribution in [0.25, 0.3) is 0 Å². The molecule has 1 heterocycles. The van der Waals surface area contributed by atoms with Crippen molar-refractivity contribution < 1.29 is 27.5 Å². The number of carbonyl (C=O) groups excluding carboxylic acids is 2. The molecule has 2 aromatic rings. The molecule has 1 unspecified atom stereocenters. The Kier molecular flexibility index (Phi) is 5.75. The Morgan fingerprint density at radius 3 is 2.56 bits per heavy atom. The first kappa shape index (κ1) is 18.9. The van der Waals surface area contributed by atoms with Gasteiger partial charge in [0, 0.05) is 18.7 Å². The maximum atomic E-state index is 13.7. The Morgan fingerprint density at radius 1 is 1.11 bits per heavy atom. The minimum absolute atomic E-state index is 0.00325. The first-order valence-corrected chi connectivity index (χ1v) is 8.27. The zero-order chi connectivity index (χ0) is 19.4. The molecule has 27 heavy (non-hydrogen) atoms. The second kappa shape index (κ2) is 8.22. The average Bonchev–Trinajstić information content (AvgIpc) is 2.65. The summed E-state index contributed by atoms with van der Waals surface area (Å²) in [6.45, 7) is -0.305. The van der Waals surface area contributed by atoms with Crippen molar-refractivity contribution in [2.45, 2.75) is 19.1 Å². The highest BCUT2D eigenvalue weighted by atomic mass is 19.1. The van der Waals surface area contributed by atoms with Crippen molar-refractivity contribution in [1.29, 1.82) is 0 Å². The molecule has 1 N–H and O–H groups in total. The SMILES string of the molecule is O=C(NCc1cc(F)ccc1F)C1COCC(=O)N1Cc1ccc(F)cc1. The van der Waals surface area contributed by atoms with E-state index in [0.29, 0.717) is 5.56 Å². The molecule has 1 fully saturated rings. The maximum Gasteiger partial charge on any atom is 0.249 e. The predicted octanol–water partition coefficient (Wildman–Crippen LogP) is 2.15. The quantitative estimate of drug-likeness (QED) is 0.868. The Balaban J connectivity index is 1.69. The molecule has 1 atom stereocenters. The zero-order valence-electron chi connectivity index (χ0n) is 14.3. The summed E-state index contributed by atoms with van der Waals surface area (Å²) in [7, 11) is 0. The van der Waals surface area contributed by atoms with Crippen molar-refractivity contribution in [3.8, 4) is 0 Å². The van der Waals surface area contributed by atoms with Gasteiger partial charge in [0.1, 0.15) is 30.1 Å². The van der Waals surface area contributed by atoms with Crippen LogP contribution in [-0.4, -0.2) is 36.0 Å². The van der Waals surface area contributed by atoms with Gasteiger partial charge in [-0.3, -0.25) is 9.59 Å². The summed E-state index contributed by atoms with van der Waals surface area (Å²) in [6, 6.07) is 7.61. The highest BCUT2D eigenvalue weighted by Crippen LogP contribution is 2.15. The molecular formula is C19H17F3N2O3. The number of carbonyl (C=O) groups is 2. The van der Waals surface area contributed by atoms with E-state index in [4.69, 9.17) is 4.74 Å². The fourth-order valence-electron chi connectivity index (χ4n) is 2.79. The zero-order valence-corrected chi connectivity index (χ0v) is 14.3. The van der Waals surface area contributed by atoms with Crippen molar-refractivity contribution >= 4 is 11.8 Å². The molecule has 5 nitrogen and oxygen atoms in total. The standard InChI is InChI=1S/C19H17F3N2O3/c20-14-3-1-12(2-4-14)9-24-17(10-27-11-18(24)25)19(26)23-8-13-7-15(21)5-6-16(13)22/h1-7,17H,8-11H2,(H,23,26). The van der Waals surface area contributed by atoms with E-state index in [1.807, 2.05) is 0 Å². The molecule has 8 heteroatoms. The topological polar surface area (TPSA) is 58.6 Å². The van der Waals surface area contributed by atoms with Gasteiger partial charge in [0.05, 0.1) is 6.61 Å². The molecular weight excluding hydrogens is 361 g/mol. The van der Waals surface area contributed by atoms with Crippen molar-refractivity contribution in [3.05, 3.63) is 71.0 Å². The van der Waals surface area contributed by atoms with Crippen LogP contribution in [0, 0.1) is 17.5 Å². The normalized spacial score (nSPS) is 17.1. The van der Waals surface area contributed by atoms with Gasteiger partial charge in [0.25, 0.3) is 0 Å². The van der Waals surface area contributed by atoms with Crippen molar-refractivity contribution in [2.24, 2.45) is 0 Å². The van der Waals surface area contributed by atoms with Crippen LogP contribution in [0.4, 0.5) is 13.2 Å². The first-order chi connectivity index (χ1) is 12.9. The lowest BCUT2D eigenvalue weighted by Gasteiger charge is -2.34. The van der Waals surface area contributed by atoms with Crippen LogP contribution in [-0.2, 0) is 27.4 Å². The molecule has 2 amide bonds. The van der Waals surface area contributed by atoms with E-state index in [9.17, 15) is 22.8 Å². The van der Waals surface area contributed by atoms with Crippen LogP contribution >= 0.6 is 0 Å². The van der Waals surface area contributed by atoms with E-state index in [0.717, 1.165) is 18.2 Å². The third kappa shape index (κ3) is 4.65. The number of amides is 2. The van der Waals surface area contributed by atoms with Gasteiger partial charge in [-0.25, -0.2) is 13.2 Å². The molecule has 3 rings (SSSR count). The van der Waals surface area contributed by atoms with Crippen LogP contribution in [0.5, 0.6) is 0 Å². The smallest absolute Gasteiger partial charge is 0.249 e. The fourth-order valence-corrected chi connectivity index (χ4v) is 2.79. The van der Waals surface area contributed by atoms with Crippen LogP contribution in [0.3, 0.4) is 0 Å². The summed E-state index contributed by atoms with van der Waals surface area (Å²) in [6.07, 6.45) is 0. The van der Waals surface area contributed by atoms with E-state index in [2.05, 4.69) is 5.32 Å². The fraction of sp³-hybridized carbons (Fsp3) is 0.263. The minimum atomic E-state index is -0.923. The number of hydrogen-bond acceptors (Lipinski definition) is 3. The molecule has 0 bridgehead atoms. The summed E-state index contributed by atoms with van der Waals surface area (Å²) in [4.78, 5) is 26.0. The van der Waals surface area contributed by atoms with Gasteiger partial charge >= 0.3 is 0 Å². The number of hydrogen-bond donors (Lipinski definition) is 1. The van der Waals surface area contributed by atoms with Crippen LogP contribution in [0.2, 0.25) is 0 Å². The number of nitrogens with one attached hydrogen (secondary N) is 1. The molecule has 1 aliphatic heterocycles. The Bertz CT molecular complexity index is 843. The highest BCUT2D eigenvalue weighted by Gasteiger charge is 2.34. The molecule has 0 saturated carbocycles. The Hall–Kier alpha value is -2.87. The van der Waals surface area contributed by atoms with Gasteiger partial charge in [-0.2, -0.15) is 0 Å². The van der Waals surface area contributed by atoms with Crippen molar-refractivity contribution in [3.63, 3.8) is 0 Å². The lowest BCUT2D eigenvalue weighted by atomic mass is 10.1. The molecule has 0 aromatic heterocycles. The molecule has 1 aliphatic rings. The first-order valence-electron chi connectivity index (χ1n) is 8.27. The number of nitrogens with zero attached hydrogens (tertiary/aromatic N) is 1.